The summed E-state index contributed by atoms with van der Waals surface area (Å²) in [7, 11) is -3.75. The van der Waals surface area contributed by atoms with Crippen molar-refractivity contribution in [2.45, 2.75) is 17.7 Å². The Morgan fingerprint density at radius 2 is 2.17 bits per heavy atom. The van der Waals surface area contributed by atoms with Gasteiger partial charge in [-0.1, -0.05) is 12.1 Å². The predicted molar refractivity (Wildman–Crippen MR) is 85.0 cm³/mol. The largest absolute Gasteiger partial charge is 0.492 e. The van der Waals surface area contributed by atoms with Crippen molar-refractivity contribution in [2.75, 3.05) is 32.9 Å². The smallest absolute Gasteiger partial charge is 0.246 e. The van der Waals surface area contributed by atoms with Gasteiger partial charge in [0.05, 0.1) is 18.6 Å². The molecule has 0 spiro atoms. The molecule has 1 amide bonds. The number of amides is 1. The van der Waals surface area contributed by atoms with Gasteiger partial charge in [0.2, 0.25) is 15.9 Å². The molecule has 0 saturated carbocycles. The highest BCUT2D eigenvalue weighted by atomic mass is 32.2. The number of fused-ring (bicyclic) bond motifs is 2. The molecule has 2 atom stereocenters. The van der Waals surface area contributed by atoms with E-state index in [4.69, 9.17) is 15.2 Å². The van der Waals surface area contributed by atoms with Crippen LogP contribution < -0.4 is 10.5 Å². The number of sulfonamides is 1. The van der Waals surface area contributed by atoms with Gasteiger partial charge in [0.25, 0.3) is 0 Å². The molecule has 3 aliphatic heterocycles. The van der Waals surface area contributed by atoms with Crippen molar-refractivity contribution in [1.29, 1.82) is 0 Å². The average molecular weight is 352 g/mol. The van der Waals surface area contributed by atoms with Gasteiger partial charge in [0.1, 0.15) is 10.6 Å². The second kappa shape index (κ2) is 5.44. The normalized spacial score (nSPS) is 29.8. The number of primary amides is 1. The first-order valence-corrected chi connectivity index (χ1v) is 9.52. The Bertz CT molecular complexity index is 794. The lowest BCUT2D eigenvalue weighted by atomic mass is 9.74. The standard InChI is InChI=1S/C16H20N2O5S/c17-15(19)16-5-7-22-9-12(16)8-18(10-16)24(20,21)13-3-1-2-11-4-6-23-14(11)13/h1-3,12H,4-10H2,(H2,17,19)/t12-,16+/m1/s1. The minimum absolute atomic E-state index is 0.113. The minimum Gasteiger partial charge on any atom is -0.492 e. The molecule has 7 nitrogen and oxygen atoms in total. The van der Waals surface area contributed by atoms with Crippen LogP contribution >= 0.6 is 0 Å². The summed E-state index contributed by atoms with van der Waals surface area (Å²) in [6.07, 6.45) is 1.17. The van der Waals surface area contributed by atoms with E-state index in [1.165, 1.54) is 4.31 Å². The van der Waals surface area contributed by atoms with E-state index >= 15 is 0 Å². The van der Waals surface area contributed by atoms with E-state index in [2.05, 4.69) is 0 Å². The van der Waals surface area contributed by atoms with E-state index in [0.717, 1.165) is 5.56 Å². The molecule has 2 saturated heterocycles. The number of rotatable bonds is 3. The molecule has 2 fully saturated rings. The monoisotopic (exact) mass is 352 g/mol. The summed E-state index contributed by atoms with van der Waals surface area (Å²) >= 11 is 0. The molecule has 0 radical (unpaired) electrons. The second-order valence-corrected chi connectivity index (χ2v) is 8.59. The quantitative estimate of drug-likeness (QED) is 0.834. The predicted octanol–water partition coefficient (Wildman–Crippen LogP) is 0.134. The summed E-state index contributed by atoms with van der Waals surface area (Å²) in [5.41, 5.74) is 5.71. The van der Waals surface area contributed by atoms with Crippen LogP contribution in [0.25, 0.3) is 0 Å². The van der Waals surface area contributed by atoms with Crippen LogP contribution in [0, 0.1) is 11.3 Å². The highest BCUT2D eigenvalue weighted by Crippen LogP contribution is 2.45. The summed E-state index contributed by atoms with van der Waals surface area (Å²) in [6.45, 7) is 1.64. The van der Waals surface area contributed by atoms with Crippen LogP contribution in [-0.2, 0) is 26.0 Å². The Hall–Kier alpha value is -1.64. The van der Waals surface area contributed by atoms with E-state index in [1.54, 1.807) is 12.1 Å². The van der Waals surface area contributed by atoms with Crippen molar-refractivity contribution in [3.05, 3.63) is 23.8 Å². The van der Waals surface area contributed by atoms with Gasteiger partial charge in [-0.15, -0.1) is 0 Å². The topological polar surface area (TPSA) is 98.9 Å². The summed E-state index contributed by atoms with van der Waals surface area (Å²) in [6, 6.07) is 5.18. The number of para-hydroxylation sites is 1. The SMILES string of the molecule is NC(=O)[C@]12CCOC[C@H]1CN(S(=O)(=O)c1cccc3c1OCC3)C2. The lowest BCUT2D eigenvalue weighted by molar-refractivity contribution is -0.135. The molecule has 0 unspecified atom stereocenters. The fourth-order valence-electron chi connectivity index (χ4n) is 4.02. The first kappa shape index (κ1) is 15.9. The number of carbonyl (C=O) groups is 1. The van der Waals surface area contributed by atoms with Gasteiger partial charge in [-0.25, -0.2) is 8.42 Å². The molecule has 3 heterocycles. The molecule has 24 heavy (non-hydrogen) atoms. The van der Waals surface area contributed by atoms with Crippen molar-refractivity contribution in [3.63, 3.8) is 0 Å². The third-order valence-corrected chi connectivity index (χ3v) is 7.30. The summed E-state index contributed by atoms with van der Waals surface area (Å²) in [4.78, 5) is 12.3. The molecule has 4 rings (SSSR count). The summed E-state index contributed by atoms with van der Waals surface area (Å²) in [5, 5.41) is 0. The van der Waals surface area contributed by atoms with Crippen molar-refractivity contribution in [3.8, 4) is 5.75 Å². The van der Waals surface area contributed by atoms with Gasteiger partial charge >= 0.3 is 0 Å². The van der Waals surface area contributed by atoms with Gasteiger partial charge in [0, 0.05) is 32.0 Å². The molecule has 130 valence electrons. The maximum absolute atomic E-state index is 13.2. The molecule has 1 aromatic rings. The zero-order chi connectivity index (χ0) is 16.9. The van der Waals surface area contributed by atoms with E-state index in [0.29, 0.717) is 38.4 Å². The molecule has 1 aromatic carbocycles. The van der Waals surface area contributed by atoms with Crippen LogP contribution in [0.15, 0.2) is 23.1 Å². The van der Waals surface area contributed by atoms with Gasteiger partial charge < -0.3 is 15.2 Å². The first-order chi connectivity index (χ1) is 11.4. The fourth-order valence-corrected chi connectivity index (χ4v) is 5.75. The lowest BCUT2D eigenvalue weighted by Crippen LogP contribution is -2.48. The average Bonchev–Trinajstić information content (AvgIpc) is 3.19. The molecular formula is C16H20N2O5S. The fraction of sp³-hybridized carbons (Fsp3) is 0.562. The number of ether oxygens (including phenoxy) is 2. The van der Waals surface area contributed by atoms with Crippen LogP contribution in [0.1, 0.15) is 12.0 Å². The van der Waals surface area contributed by atoms with E-state index in [1.807, 2.05) is 6.07 Å². The van der Waals surface area contributed by atoms with Gasteiger partial charge in [-0.3, -0.25) is 4.79 Å². The van der Waals surface area contributed by atoms with E-state index in [-0.39, 0.29) is 23.9 Å². The van der Waals surface area contributed by atoms with Crippen LogP contribution in [-0.4, -0.2) is 51.5 Å². The molecular weight excluding hydrogens is 332 g/mol. The minimum atomic E-state index is -3.75. The molecule has 0 aliphatic carbocycles. The van der Waals surface area contributed by atoms with Crippen LogP contribution in [0.2, 0.25) is 0 Å². The first-order valence-electron chi connectivity index (χ1n) is 8.08. The third kappa shape index (κ3) is 2.17. The van der Waals surface area contributed by atoms with Crippen molar-refractivity contribution in [2.24, 2.45) is 17.1 Å². The Labute approximate surface area is 140 Å². The molecule has 3 aliphatic rings. The summed E-state index contributed by atoms with van der Waals surface area (Å²) < 4.78 is 38.7. The van der Waals surface area contributed by atoms with Crippen molar-refractivity contribution >= 4 is 15.9 Å². The number of carbonyl (C=O) groups excluding carboxylic acids is 1. The zero-order valence-corrected chi connectivity index (χ0v) is 14.0. The van der Waals surface area contributed by atoms with E-state index in [9.17, 15) is 13.2 Å². The van der Waals surface area contributed by atoms with Crippen molar-refractivity contribution < 1.29 is 22.7 Å². The van der Waals surface area contributed by atoms with Crippen LogP contribution in [0.5, 0.6) is 5.75 Å². The highest BCUT2D eigenvalue weighted by molar-refractivity contribution is 7.89. The molecule has 8 heteroatoms. The van der Waals surface area contributed by atoms with Crippen LogP contribution in [0.3, 0.4) is 0 Å². The van der Waals surface area contributed by atoms with E-state index < -0.39 is 21.3 Å². The van der Waals surface area contributed by atoms with Crippen molar-refractivity contribution in [1.82, 2.24) is 4.31 Å². The molecule has 2 N–H and O–H groups in total. The number of hydrogen-bond donors (Lipinski definition) is 1. The lowest BCUT2D eigenvalue weighted by Gasteiger charge is -2.35. The maximum Gasteiger partial charge on any atom is 0.246 e. The van der Waals surface area contributed by atoms with Gasteiger partial charge in [0.15, 0.2) is 0 Å². The Morgan fingerprint density at radius 3 is 2.92 bits per heavy atom. The summed E-state index contributed by atoms with van der Waals surface area (Å²) in [5.74, 6) is -0.198. The third-order valence-electron chi connectivity index (χ3n) is 5.46. The zero-order valence-electron chi connectivity index (χ0n) is 13.2. The highest BCUT2D eigenvalue weighted by Gasteiger charge is 2.55. The Morgan fingerprint density at radius 1 is 1.33 bits per heavy atom. The van der Waals surface area contributed by atoms with Crippen LogP contribution in [0.4, 0.5) is 0 Å². The second-order valence-electron chi connectivity index (χ2n) is 6.68. The number of hydrogen-bond acceptors (Lipinski definition) is 5. The van der Waals surface area contributed by atoms with Gasteiger partial charge in [-0.2, -0.15) is 4.31 Å². The number of benzene rings is 1. The number of nitrogens with two attached hydrogens (primary N) is 1. The Balaban J connectivity index is 1.72. The van der Waals surface area contributed by atoms with Gasteiger partial charge in [-0.05, 0) is 18.1 Å². The molecule has 0 bridgehead atoms. The number of nitrogens with zero attached hydrogens (tertiary/aromatic N) is 1. The maximum atomic E-state index is 13.2. The Kier molecular flexibility index (Phi) is 3.59. The molecule has 0 aromatic heterocycles.